The second kappa shape index (κ2) is 9.33. The molecule has 0 radical (unpaired) electrons. The van der Waals surface area contributed by atoms with Crippen LogP contribution < -0.4 is 5.32 Å². The van der Waals surface area contributed by atoms with Crippen LogP contribution in [-0.2, 0) is 10.5 Å². The fraction of sp³-hybridized carbons (Fsp3) is 0.125. The van der Waals surface area contributed by atoms with Crippen LogP contribution in [0.15, 0.2) is 62.5 Å². The number of nitrogens with one attached hydrogen (secondary N) is 1. The largest absolute Gasteiger partial charge is 0.300 e. The number of nitrogens with zero attached hydrogens (tertiary/aromatic N) is 3. The molecule has 25 heavy (non-hydrogen) atoms. The predicted molar refractivity (Wildman–Crippen MR) is 107 cm³/mol. The van der Waals surface area contributed by atoms with Gasteiger partial charge in [-0.1, -0.05) is 69.0 Å². The first-order valence-corrected chi connectivity index (χ1v) is 10.8. The smallest absolute Gasteiger partial charge is 0.236 e. The molecule has 0 aliphatic heterocycles. The van der Waals surface area contributed by atoms with Gasteiger partial charge in [0.05, 0.1) is 10.8 Å². The number of benzene rings is 1. The molecule has 1 amide bonds. The van der Waals surface area contributed by atoms with Crippen LogP contribution in [0.2, 0.25) is 0 Å². The summed E-state index contributed by atoms with van der Waals surface area (Å²) in [4.78, 5) is 16.2. The molecule has 0 aliphatic carbocycles. The van der Waals surface area contributed by atoms with Gasteiger partial charge in [0.1, 0.15) is 0 Å². The van der Waals surface area contributed by atoms with Crippen molar-refractivity contribution in [3.8, 4) is 0 Å². The third-order valence-electron chi connectivity index (χ3n) is 2.89. The van der Waals surface area contributed by atoms with Crippen LogP contribution in [0.3, 0.4) is 0 Å². The van der Waals surface area contributed by atoms with E-state index in [0.717, 1.165) is 19.6 Å². The first-order chi connectivity index (χ1) is 12.2. The average molecular weight is 453 g/mol. The number of halogens is 1. The number of amides is 1. The minimum absolute atomic E-state index is 0.115. The van der Waals surface area contributed by atoms with Crippen LogP contribution in [0.25, 0.3) is 0 Å². The number of carbonyl (C=O) groups excluding carboxylic acids is 1. The van der Waals surface area contributed by atoms with Crippen LogP contribution in [0, 0.1) is 0 Å². The maximum atomic E-state index is 12.0. The van der Waals surface area contributed by atoms with Gasteiger partial charge in [0.15, 0.2) is 4.34 Å². The number of rotatable bonds is 7. The summed E-state index contributed by atoms with van der Waals surface area (Å²) in [5, 5.41) is 12.2. The third kappa shape index (κ3) is 6.10. The van der Waals surface area contributed by atoms with Crippen molar-refractivity contribution in [2.75, 3.05) is 11.1 Å². The van der Waals surface area contributed by atoms with E-state index >= 15 is 0 Å². The summed E-state index contributed by atoms with van der Waals surface area (Å²) in [6.07, 6.45) is 1.71. The van der Waals surface area contributed by atoms with Gasteiger partial charge in [0, 0.05) is 16.4 Å². The van der Waals surface area contributed by atoms with Gasteiger partial charge in [0.25, 0.3) is 0 Å². The van der Waals surface area contributed by atoms with Gasteiger partial charge in [-0.2, -0.15) is 0 Å². The topological polar surface area (TPSA) is 67.8 Å². The standard InChI is InChI=1S/C16H13BrN4OS3/c17-12-5-3-4-11(8-12)9-24-16-21-20-15(25-16)19-13(22)10-23-14-6-1-2-7-18-14/h1-8H,9-10H2,(H,19,20,22). The predicted octanol–water partition coefficient (Wildman–Crippen LogP) is 4.72. The van der Waals surface area contributed by atoms with Crippen molar-refractivity contribution in [2.24, 2.45) is 0 Å². The van der Waals surface area contributed by atoms with E-state index in [1.165, 1.54) is 28.7 Å². The Kier molecular flexibility index (Phi) is 6.85. The lowest BCUT2D eigenvalue weighted by atomic mass is 10.2. The van der Waals surface area contributed by atoms with Crippen molar-refractivity contribution in [1.82, 2.24) is 15.2 Å². The number of carbonyl (C=O) groups is 1. The van der Waals surface area contributed by atoms with E-state index < -0.39 is 0 Å². The van der Waals surface area contributed by atoms with Crippen molar-refractivity contribution >= 4 is 61.8 Å². The van der Waals surface area contributed by atoms with E-state index in [2.05, 4.69) is 48.6 Å². The van der Waals surface area contributed by atoms with Gasteiger partial charge < -0.3 is 0 Å². The lowest BCUT2D eigenvalue weighted by Crippen LogP contribution is -2.13. The van der Waals surface area contributed by atoms with Crippen LogP contribution in [-0.4, -0.2) is 26.8 Å². The minimum atomic E-state index is -0.115. The summed E-state index contributed by atoms with van der Waals surface area (Å²) in [6, 6.07) is 13.8. The van der Waals surface area contributed by atoms with E-state index in [9.17, 15) is 4.79 Å². The number of pyridine rings is 1. The molecule has 5 nitrogen and oxygen atoms in total. The molecule has 2 aromatic heterocycles. The monoisotopic (exact) mass is 452 g/mol. The Morgan fingerprint density at radius 1 is 1.16 bits per heavy atom. The number of hydrogen-bond donors (Lipinski definition) is 1. The highest BCUT2D eigenvalue weighted by Crippen LogP contribution is 2.29. The van der Waals surface area contributed by atoms with Gasteiger partial charge >= 0.3 is 0 Å². The molecule has 3 aromatic rings. The molecule has 0 atom stereocenters. The Hall–Kier alpha value is -1.42. The zero-order valence-corrected chi connectivity index (χ0v) is 16.9. The molecule has 1 aromatic carbocycles. The first kappa shape index (κ1) is 18.4. The minimum Gasteiger partial charge on any atom is -0.300 e. The van der Waals surface area contributed by atoms with Crippen molar-refractivity contribution in [2.45, 2.75) is 15.1 Å². The number of aromatic nitrogens is 3. The van der Waals surface area contributed by atoms with E-state index in [1.54, 1.807) is 18.0 Å². The molecule has 0 aliphatic rings. The average Bonchev–Trinajstić information content (AvgIpc) is 3.06. The summed E-state index contributed by atoms with van der Waals surface area (Å²) in [7, 11) is 0. The van der Waals surface area contributed by atoms with E-state index in [-0.39, 0.29) is 11.7 Å². The molecule has 0 spiro atoms. The van der Waals surface area contributed by atoms with Gasteiger partial charge in [-0.25, -0.2) is 4.98 Å². The molecule has 0 bridgehead atoms. The number of anilines is 1. The first-order valence-electron chi connectivity index (χ1n) is 7.23. The zero-order valence-electron chi connectivity index (χ0n) is 12.9. The summed E-state index contributed by atoms with van der Waals surface area (Å²) in [6.45, 7) is 0. The Morgan fingerprint density at radius 3 is 2.88 bits per heavy atom. The Balaban J connectivity index is 1.47. The molecular weight excluding hydrogens is 440 g/mol. The second-order valence-electron chi connectivity index (χ2n) is 4.80. The van der Waals surface area contributed by atoms with Crippen molar-refractivity contribution in [3.63, 3.8) is 0 Å². The van der Waals surface area contributed by atoms with Gasteiger partial charge in [-0.15, -0.1) is 10.2 Å². The number of thioether (sulfide) groups is 2. The quantitative estimate of drug-likeness (QED) is 0.413. The normalized spacial score (nSPS) is 10.6. The van der Waals surface area contributed by atoms with Gasteiger partial charge in [-0.05, 0) is 29.8 Å². The summed E-state index contributed by atoms with van der Waals surface area (Å²) in [5.74, 6) is 0.977. The maximum absolute atomic E-state index is 12.0. The SMILES string of the molecule is O=C(CSc1ccccn1)Nc1nnc(SCc2cccc(Br)c2)s1. The Labute approximate surface area is 166 Å². The van der Waals surface area contributed by atoms with Crippen LogP contribution >= 0.6 is 50.8 Å². The van der Waals surface area contributed by atoms with Gasteiger partial charge in [0.2, 0.25) is 11.0 Å². The molecule has 128 valence electrons. The van der Waals surface area contributed by atoms with Gasteiger partial charge in [-0.3, -0.25) is 10.1 Å². The highest BCUT2D eigenvalue weighted by molar-refractivity contribution is 9.10. The molecule has 2 heterocycles. The molecular formula is C16H13BrN4OS3. The second-order valence-corrected chi connectivity index (χ2v) is 8.91. The molecule has 1 N–H and O–H groups in total. The fourth-order valence-corrected chi connectivity index (χ4v) is 4.64. The van der Waals surface area contributed by atoms with Crippen LogP contribution in [0.5, 0.6) is 0 Å². The fourth-order valence-electron chi connectivity index (χ4n) is 1.82. The van der Waals surface area contributed by atoms with E-state index in [0.29, 0.717) is 5.13 Å². The summed E-state index contributed by atoms with van der Waals surface area (Å²) in [5.41, 5.74) is 1.20. The lowest BCUT2D eigenvalue weighted by molar-refractivity contribution is -0.113. The molecule has 0 saturated heterocycles. The van der Waals surface area contributed by atoms with E-state index in [4.69, 9.17) is 0 Å². The third-order valence-corrected chi connectivity index (χ3v) is 6.37. The summed E-state index contributed by atoms with van der Waals surface area (Å²) >= 11 is 7.83. The molecule has 0 saturated carbocycles. The summed E-state index contributed by atoms with van der Waals surface area (Å²) < 4.78 is 1.88. The van der Waals surface area contributed by atoms with Crippen molar-refractivity contribution in [1.29, 1.82) is 0 Å². The van der Waals surface area contributed by atoms with Crippen molar-refractivity contribution < 1.29 is 4.79 Å². The van der Waals surface area contributed by atoms with Crippen LogP contribution in [0.4, 0.5) is 5.13 Å². The molecule has 3 rings (SSSR count). The maximum Gasteiger partial charge on any atom is 0.236 e. The molecule has 0 fully saturated rings. The number of hydrogen-bond acceptors (Lipinski definition) is 7. The zero-order chi connectivity index (χ0) is 17.5. The van der Waals surface area contributed by atoms with Crippen LogP contribution in [0.1, 0.15) is 5.56 Å². The molecule has 0 unspecified atom stereocenters. The highest BCUT2D eigenvalue weighted by atomic mass is 79.9. The lowest BCUT2D eigenvalue weighted by Gasteiger charge is -2.00. The Bertz CT molecular complexity index is 844. The van der Waals surface area contributed by atoms with E-state index in [1.807, 2.05) is 30.3 Å². The molecule has 9 heteroatoms. The highest BCUT2D eigenvalue weighted by Gasteiger charge is 2.10. The Morgan fingerprint density at radius 2 is 2.08 bits per heavy atom. The van der Waals surface area contributed by atoms with Crippen molar-refractivity contribution in [3.05, 3.63) is 58.7 Å².